The van der Waals surface area contributed by atoms with E-state index in [4.69, 9.17) is 0 Å². The van der Waals surface area contributed by atoms with Crippen LogP contribution >= 0.6 is 12.6 Å². The summed E-state index contributed by atoms with van der Waals surface area (Å²) in [6.07, 6.45) is 3.31. The third kappa shape index (κ3) is 2.23. The molecule has 0 atom stereocenters. The fourth-order valence-corrected chi connectivity index (χ4v) is 0.864. The molecule has 0 fully saturated rings. The summed E-state index contributed by atoms with van der Waals surface area (Å²) in [6.45, 7) is 1.91. The second-order valence-corrected chi connectivity index (χ2v) is 2.71. The molecule has 0 saturated heterocycles. The van der Waals surface area contributed by atoms with Gasteiger partial charge in [0.15, 0.2) is 0 Å². The third-order valence-corrected chi connectivity index (χ3v) is 1.74. The van der Waals surface area contributed by atoms with Gasteiger partial charge in [0.05, 0.1) is 17.6 Å². The van der Waals surface area contributed by atoms with Gasteiger partial charge in [-0.05, 0) is 18.6 Å². The second-order valence-electron chi connectivity index (χ2n) is 2.40. The minimum atomic E-state index is -0.116. The van der Waals surface area contributed by atoms with Crippen molar-refractivity contribution in [2.45, 2.75) is 6.92 Å². The zero-order valence-electron chi connectivity index (χ0n) is 6.74. The van der Waals surface area contributed by atoms with Crippen LogP contribution in [-0.4, -0.2) is 16.6 Å². The predicted octanol–water partition coefficient (Wildman–Crippen LogP) is 1.26. The number of hydrogen-bond donors (Lipinski definition) is 2. The molecule has 1 N–H and O–H groups in total. The number of aromatic nitrogens is 1. The van der Waals surface area contributed by atoms with Crippen LogP contribution in [0.25, 0.3) is 0 Å². The topological polar surface area (TPSA) is 42.0 Å². The zero-order chi connectivity index (χ0) is 8.97. The van der Waals surface area contributed by atoms with Crippen LogP contribution in [0.5, 0.6) is 0 Å². The van der Waals surface area contributed by atoms with Gasteiger partial charge in [0.1, 0.15) is 0 Å². The van der Waals surface area contributed by atoms with Crippen molar-refractivity contribution in [3.05, 3.63) is 24.0 Å². The van der Waals surface area contributed by atoms with E-state index in [0.29, 0.717) is 0 Å². The molecule has 0 spiro atoms. The van der Waals surface area contributed by atoms with Crippen molar-refractivity contribution in [1.82, 2.24) is 4.98 Å². The lowest BCUT2D eigenvalue weighted by Crippen LogP contribution is -2.13. The highest BCUT2D eigenvalue weighted by molar-refractivity contribution is 7.81. The van der Waals surface area contributed by atoms with Crippen LogP contribution < -0.4 is 5.32 Å². The molecule has 0 saturated carbocycles. The van der Waals surface area contributed by atoms with Gasteiger partial charge in [-0.2, -0.15) is 12.6 Å². The number of pyridine rings is 1. The first kappa shape index (κ1) is 9.06. The number of anilines is 1. The van der Waals surface area contributed by atoms with E-state index in [2.05, 4.69) is 22.9 Å². The molecular weight excluding hydrogens is 172 g/mol. The molecule has 0 unspecified atom stereocenters. The minimum Gasteiger partial charge on any atom is -0.324 e. The first-order valence-corrected chi connectivity index (χ1v) is 4.18. The molecule has 3 nitrogen and oxygen atoms in total. The number of carbonyl (C=O) groups is 1. The maximum absolute atomic E-state index is 10.9. The summed E-state index contributed by atoms with van der Waals surface area (Å²) in [5.74, 6) is 0.0726. The third-order valence-electron chi connectivity index (χ3n) is 1.46. The SMILES string of the molecule is Cc1ccncc1NC(=O)CS. The Morgan fingerprint density at radius 2 is 2.50 bits per heavy atom. The minimum absolute atomic E-state index is 0.116. The maximum atomic E-state index is 10.9. The molecule has 1 aromatic rings. The summed E-state index contributed by atoms with van der Waals surface area (Å²) < 4.78 is 0. The predicted molar refractivity (Wildman–Crippen MR) is 51.5 cm³/mol. The number of thiol groups is 1. The van der Waals surface area contributed by atoms with Crippen molar-refractivity contribution in [2.75, 3.05) is 11.1 Å². The largest absolute Gasteiger partial charge is 0.324 e. The number of carbonyl (C=O) groups excluding carboxylic acids is 1. The van der Waals surface area contributed by atoms with Crippen LogP contribution in [0.1, 0.15) is 5.56 Å². The smallest absolute Gasteiger partial charge is 0.234 e. The molecule has 0 aromatic carbocycles. The van der Waals surface area contributed by atoms with Gasteiger partial charge in [-0.25, -0.2) is 0 Å². The van der Waals surface area contributed by atoms with Crippen LogP contribution in [0, 0.1) is 6.92 Å². The van der Waals surface area contributed by atoms with E-state index in [1.807, 2.05) is 13.0 Å². The van der Waals surface area contributed by atoms with Crippen LogP contribution in [-0.2, 0) is 4.79 Å². The Bertz CT molecular complexity index is 288. The molecule has 1 heterocycles. The normalized spacial score (nSPS) is 9.50. The van der Waals surface area contributed by atoms with Gasteiger partial charge < -0.3 is 5.32 Å². The maximum Gasteiger partial charge on any atom is 0.234 e. The van der Waals surface area contributed by atoms with E-state index in [-0.39, 0.29) is 11.7 Å². The lowest BCUT2D eigenvalue weighted by molar-refractivity contribution is -0.113. The Hall–Kier alpha value is -1.03. The molecule has 1 rings (SSSR count). The van der Waals surface area contributed by atoms with Crippen LogP contribution in [0.2, 0.25) is 0 Å². The molecule has 0 aliphatic carbocycles. The standard InChI is InChI=1S/C8H10N2OS/c1-6-2-3-9-4-7(6)10-8(11)5-12/h2-4,12H,5H2,1H3,(H,10,11). The lowest BCUT2D eigenvalue weighted by Gasteiger charge is -2.04. The Labute approximate surface area is 76.6 Å². The van der Waals surface area contributed by atoms with E-state index < -0.39 is 0 Å². The van der Waals surface area contributed by atoms with Gasteiger partial charge in [-0.3, -0.25) is 9.78 Å². The Balaban J connectivity index is 2.75. The van der Waals surface area contributed by atoms with Crippen molar-refractivity contribution >= 4 is 24.2 Å². The molecule has 4 heteroatoms. The van der Waals surface area contributed by atoms with Crippen molar-refractivity contribution < 1.29 is 4.79 Å². The molecular formula is C8H10N2OS. The van der Waals surface area contributed by atoms with E-state index >= 15 is 0 Å². The Kier molecular flexibility index (Phi) is 3.10. The average molecular weight is 182 g/mol. The highest BCUT2D eigenvalue weighted by atomic mass is 32.1. The summed E-state index contributed by atoms with van der Waals surface area (Å²) in [7, 11) is 0. The van der Waals surface area contributed by atoms with Crippen LogP contribution in [0.15, 0.2) is 18.5 Å². The van der Waals surface area contributed by atoms with Gasteiger partial charge in [0.2, 0.25) is 5.91 Å². The lowest BCUT2D eigenvalue weighted by atomic mass is 10.2. The van der Waals surface area contributed by atoms with Crippen molar-refractivity contribution in [1.29, 1.82) is 0 Å². The van der Waals surface area contributed by atoms with Gasteiger partial charge in [0.25, 0.3) is 0 Å². The van der Waals surface area contributed by atoms with Crippen LogP contribution in [0.4, 0.5) is 5.69 Å². The highest BCUT2D eigenvalue weighted by Crippen LogP contribution is 2.10. The number of amides is 1. The fourth-order valence-electron chi connectivity index (χ4n) is 0.785. The number of hydrogen-bond acceptors (Lipinski definition) is 3. The Morgan fingerprint density at radius 3 is 3.08 bits per heavy atom. The number of rotatable bonds is 2. The zero-order valence-corrected chi connectivity index (χ0v) is 7.64. The van der Waals surface area contributed by atoms with E-state index in [1.54, 1.807) is 12.4 Å². The molecule has 0 aliphatic heterocycles. The second kappa shape index (κ2) is 4.11. The molecule has 64 valence electrons. The molecule has 1 amide bonds. The van der Waals surface area contributed by atoms with Gasteiger partial charge >= 0.3 is 0 Å². The van der Waals surface area contributed by atoms with E-state index in [1.165, 1.54) is 0 Å². The average Bonchev–Trinajstić information content (AvgIpc) is 2.09. The number of aryl methyl sites for hydroxylation is 1. The summed E-state index contributed by atoms with van der Waals surface area (Å²) in [5.41, 5.74) is 1.75. The number of nitrogens with zero attached hydrogens (tertiary/aromatic N) is 1. The first-order valence-electron chi connectivity index (χ1n) is 3.55. The monoisotopic (exact) mass is 182 g/mol. The van der Waals surface area contributed by atoms with Gasteiger partial charge in [0, 0.05) is 6.20 Å². The molecule has 0 bridgehead atoms. The van der Waals surface area contributed by atoms with E-state index in [9.17, 15) is 4.79 Å². The number of nitrogens with one attached hydrogen (secondary N) is 1. The summed E-state index contributed by atoms with van der Waals surface area (Å²) in [5, 5.41) is 2.68. The van der Waals surface area contributed by atoms with Crippen molar-refractivity contribution in [2.24, 2.45) is 0 Å². The van der Waals surface area contributed by atoms with Gasteiger partial charge in [-0.15, -0.1) is 0 Å². The summed E-state index contributed by atoms with van der Waals surface area (Å²) in [6, 6.07) is 1.84. The highest BCUT2D eigenvalue weighted by Gasteiger charge is 2.00. The van der Waals surface area contributed by atoms with Gasteiger partial charge in [-0.1, -0.05) is 0 Å². The quantitative estimate of drug-likeness (QED) is 0.676. The van der Waals surface area contributed by atoms with Crippen molar-refractivity contribution in [3.63, 3.8) is 0 Å². The Morgan fingerprint density at radius 1 is 1.75 bits per heavy atom. The molecule has 12 heavy (non-hydrogen) atoms. The summed E-state index contributed by atoms with van der Waals surface area (Å²) >= 11 is 3.85. The molecule has 0 aliphatic rings. The van der Waals surface area contributed by atoms with Crippen LogP contribution in [0.3, 0.4) is 0 Å². The first-order chi connectivity index (χ1) is 5.74. The van der Waals surface area contributed by atoms with E-state index in [0.717, 1.165) is 11.3 Å². The molecule has 0 radical (unpaired) electrons. The molecule has 1 aromatic heterocycles. The van der Waals surface area contributed by atoms with Crippen molar-refractivity contribution in [3.8, 4) is 0 Å². The fraction of sp³-hybridized carbons (Fsp3) is 0.250. The summed E-state index contributed by atoms with van der Waals surface area (Å²) in [4.78, 5) is 14.8.